The molecular weight excluding hydrogens is 230 g/mol. The van der Waals surface area contributed by atoms with Gasteiger partial charge in [-0.05, 0) is 43.4 Å². The second-order valence-electron chi connectivity index (χ2n) is 5.68. The van der Waals surface area contributed by atoms with Gasteiger partial charge in [0.15, 0.2) is 0 Å². The molecule has 1 nitrogen and oxygen atoms in total. The van der Waals surface area contributed by atoms with E-state index in [1.165, 1.54) is 40.7 Å². The zero-order valence-electron chi connectivity index (χ0n) is 11.7. The van der Waals surface area contributed by atoms with Crippen LogP contribution in [0.2, 0.25) is 0 Å². The summed E-state index contributed by atoms with van der Waals surface area (Å²) in [5, 5.41) is 3.61. The largest absolute Gasteiger partial charge is 0.310 e. The summed E-state index contributed by atoms with van der Waals surface area (Å²) in [6.07, 6.45) is 2.68. The van der Waals surface area contributed by atoms with Crippen molar-refractivity contribution in [3.8, 4) is 11.1 Å². The summed E-state index contributed by atoms with van der Waals surface area (Å²) in [5.74, 6) is 0. The third-order valence-electron chi connectivity index (χ3n) is 3.79. The molecule has 1 aliphatic carbocycles. The van der Waals surface area contributed by atoms with Gasteiger partial charge in [0.05, 0.1) is 0 Å². The average molecular weight is 251 g/mol. The molecule has 1 fully saturated rings. The fourth-order valence-electron chi connectivity index (χ4n) is 2.39. The zero-order valence-corrected chi connectivity index (χ0v) is 11.7. The standard InChI is InChI=1S/C18H21N/c1-13-3-6-15(7-4-13)18-11-14(2)5-8-16(18)12-19-17-9-10-17/h3-8,11,17,19H,9-10,12H2,1-2H3. The Labute approximate surface area is 115 Å². The maximum atomic E-state index is 3.61. The number of nitrogens with one attached hydrogen (secondary N) is 1. The lowest BCUT2D eigenvalue weighted by Crippen LogP contribution is -2.15. The summed E-state index contributed by atoms with van der Waals surface area (Å²) in [7, 11) is 0. The van der Waals surface area contributed by atoms with Crippen LogP contribution in [0.5, 0.6) is 0 Å². The third kappa shape index (κ3) is 3.05. The molecule has 0 heterocycles. The van der Waals surface area contributed by atoms with E-state index in [1.807, 2.05) is 0 Å². The Morgan fingerprint density at radius 3 is 2.32 bits per heavy atom. The molecule has 98 valence electrons. The molecule has 1 N–H and O–H groups in total. The van der Waals surface area contributed by atoms with Crippen LogP contribution >= 0.6 is 0 Å². The number of rotatable bonds is 4. The van der Waals surface area contributed by atoms with Crippen molar-refractivity contribution in [2.45, 2.75) is 39.3 Å². The Hall–Kier alpha value is -1.60. The Bertz CT molecular complexity index is 565. The van der Waals surface area contributed by atoms with Crippen LogP contribution in [-0.2, 0) is 6.54 Å². The van der Waals surface area contributed by atoms with Crippen LogP contribution in [0, 0.1) is 13.8 Å². The highest BCUT2D eigenvalue weighted by molar-refractivity contribution is 5.68. The Morgan fingerprint density at radius 1 is 0.947 bits per heavy atom. The fourth-order valence-corrected chi connectivity index (χ4v) is 2.39. The molecule has 0 aliphatic heterocycles. The van der Waals surface area contributed by atoms with Gasteiger partial charge >= 0.3 is 0 Å². The van der Waals surface area contributed by atoms with Crippen molar-refractivity contribution in [2.75, 3.05) is 0 Å². The summed E-state index contributed by atoms with van der Waals surface area (Å²) in [6.45, 7) is 5.28. The van der Waals surface area contributed by atoms with E-state index in [4.69, 9.17) is 0 Å². The van der Waals surface area contributed by atoms with E-state index in [0.717, 1.165) is 12.6 Å². The average Bonchev–Trinajstić information content (AvgIpc) is 3.22. The molecule has 1 heteroatoms. The molecule has 1 aliphatic rings. The van der Waals surface area contributed by atoms with Crippen LogP contribution in [0.15, 0.2) is 42.5 Å². The van der Waals surface area contributed by atoms with Gasteiger partial charge in [0.1, 0.15) is 0 Å². The maximum Gasteiger partial charge on any atom is 0.0214 e. The minimum absolute atomic E-state index is 0.757. The molecule has 1 saturated carbocycles. The summed E-state index contributed by atoms with van der Waals surface area (Å²) >= 11 is 0. The molecule has 0 aromatic heterocycles. The quantitative estimate of drug-likeness (QED) is 0.857. The smallest absolute Gasteiger partial charge is 0.0214 e. The van der Waals surface area contributed by atoms with Gasteiger partial charge in [0.2, 0.25) is 0 Å². The molecule has 0 unspecified atom stereocenters. The van der Waals surface area contributed by atoms with Crippen molar-refractivity contribution < 1.29 is 0 Å². The zero-order chi connectivity index (χ0) is 13.2. The van der Waals surface area contributed by atoms with E-state index in [2.05, 4.69) is 61.6 Å². The van der Waals surface area contributed by atoms with Crippen molar-refractivity contribution >= 4 is 0 Å². The van der Waals surface area contributed by atoms with E-state index >= 15 is 0 Å². The highest BCUT2D eigenvalue weighted by Gasteiger charge is 2.20. The summed E-state index contributed by atoms with van der Waals surface area (Å²) in [4.78, 5) is 0. The van der Waals surface area contributed by atoms with Crippen molar-refractivity contribution in [3.63, 3.8) is 0 Å². The molecule has 0 atom stereocenters. The minimum atomic E-state index is 0.757. The van der Waals surface area contributed by atoms with Gasteiger partial charge in [-0.3, -0.25) is 0 Å². The van der Waals surface area contributed by atoms with Gasteiger partial charge in [-0.15, -0.1) is 0 Å². The Morgan fingerprint density at radius 2 is 1.63 bits per heavy atom. The highest BCUT2D eigenvalue weighted by atomic mass is 14.9. The molecule has 19 heavy (non-hydrogen) atoms. The summed E-state index contributed by atoms with van der Waals surface area (Å²) in [5.41, 5.74) is 6.73. The van der Waals surface area contributed by atoms with Crippen LogP contribution in [0.3, 0.4) is 0 Å². The molecular formula is C18H21N. The predicted octanol–water partition coefficient (Wildman–Crippen LogP) is 4.22. The van der Waals surface area contributed by atoms with Gasteiger partial charge in [0, 0.05) is 12.6 Å². The molecule has 0 bridgehead atoms. The second kappa shape index (κ2) is 5.18. The topological polar surface area (TPSA) is 12.0 Å². The first-order valence-corrected chi connectivity index (χ1v) is 7.12. The van der Waals surface area contributed by atoms with Crippen molar-refractivity contribution in [1.29, 1.82) is 0 Å². The molecule has 2 aromatic carbocycles. The normalized spacial score (nSPS) is 14.6. The lowest BCUT2D eigenvalue weighted by molar-refractivity contribution is 0.688. The van der Waals surface area contributed by atoms with Crippen LogP contribution in [0.1, 0.15) is 29.5 Å². The van der Waals surface area contributed by atoms with E-state index in [0.29, 0.717) is 0 Å². The number of aryl methyl sites for hydroxylation is 2. The summed E-state index contributed by atoms with van der Waals surface area (Å²) < 4.78 is 0. The van der Waals surface area contributed by atoms with E-state index < -0.39 is 0 Å². The Balaban J connectivity index is 1.92. The Kier molecular flexibility index (Phi) is 3.39. The number of hydrogen-bond donors (Lipinski definition) is 1. The second-order valence-corrected chi connectivity index (χ2v) is 5.68. The van der Waals surface area contributed by atoms with Gasteiger partial charge in [-0.1, -0.05) is 53.6 Å². The molecule has 0 saturated heterocycles. The van der Waals surface area contributed by atoms with Crippen LogP contribution < -0.4 is 5.32 Å². The predicted molar refractivity (Wildman–Crippen MR) is 81.2 cm³/mol. The monoisotopic (exact) mass is 251 g/mol. The molecule has 2 aromatic rings. The summed E-state index contributed by atoms with van der Waals surface area (Å²) in [6, 6.07) is 16.4. The molecule has 0 radical (unpaired) electrons. The van der Waals surface area contributed by atoms with Gasteiger partial charge in [-0.2, -0.15) is 0 Å². The number of benzene rings is 2. The third-order valence-corrected chi connectivity index (χ3v) is 3.79. The first-order chi connectivity index (χ1) is 9.22. The molecule has 0 amide bonds. The number of hydrogen-bond acceptors (Lipinski definition) is 1. The SMILES string of the molecule is Cc1ccc(-c2cc(C)ccc2CNC2CC2)cc1. The lowest BCUT2D eigenvalue weighted by Gasteiger charge is -2.12. The first kappa shape index (κ1) is 12.4. The molecule has 0 spiro atoms. The van der Waals surface area contributed by atoms with Crippen molar-refractivity contribution in [3.05, 3.63) is 59.2 Å². The van der Waals surface area contributed by atoms with E-state index in [1.54, 1.807) is 0 Å². The van der Waals surface area contributed by atoms with E-state index in [-0.39, 0.29) is 0 Å². The van der Waals surface area contributed by atoms with Crippen molar-refractivity contribution in [1.82, 2.24) is 5.32 Å². The minimum Gasteiger partial charge on any atom is -0.310 e. The van der Waals surface area contributed by atoms with Gasteiger partial charge in [-0.25, -0.2) is 0 Å². The van der Waals surface area contributed by atoms with Crippen LogP contribution in [-0.4, -0.2) is 6.04 Å². The lowest BCUT2D eigenvalue weighted by atomic mass is 9.97. The highest BCUT2D eigenvalue weighted by Crippen LogP contribution is 2.27. The van der Waals surface area contributed by atoms with Gasteiger partial charge in [0.25, 0.3) is 0 Å². The van der Waals surface area contributed by atoms with E-state index in [9.17, 15) is 0 Å². The van der Waals surface area contributed by atoms with Crippen LogP contribution in [0.4, 0.5) is 0 Å². The van der Waals surface area contributed by atoms with Crippen LogP contribution in [0.25, 0.3) is 11.1 Å². The fraction of sp³-hybridized carbons (Fsp3) is 0.333. The maximum absolute atomic E-state index is 3.61. The first-order valence-electron chi connectivity index (χ1n) is 7.12. The van der Waals surface area contributed by atoms with Gasteiger partial charge < -0.3 is 5.32 Å². The molecule has 3 rings (SSSR count). The van der Waals surface area contributed by atoms with Crippen molar-refractivity contribution in [2.24, 2.45) is 0 Å².